The number of fused-ring (bicyclic) bond motifs is 1. The Balaban J connectivity index is 1.67. The van der Waals surface area contributed by atoms with E-state index in [1.807, 2.05) is 12.1 Å². The highest BCUT2D eigenvalue weighted by Gasteiger charge is 2.38. The van der Waals surface area contributed by atoms with Crippen molar-refractivity contribution < 1.29 is 9.13 Å². The van der Waals surface area contributed by atoms with Gasteiger partial charge in [0.2, 0.25) is 0 Å². The van der Waals surface area contributed by atoms with Crippen molar-refractivity contribution >= 4 is 0 Å². The van der Waals surface area contributed by atoms with Crippen LogP contribution < -0.4 is 10.5 Å². The molecular weight excluding hydrogens is 255 g/mol. The van der Waals surface area contributed by atoms with Crippen LogP contribution in [-0.4, -0.2) is 31.1 Å². The number of halogens is 1. The zero-order chi connectivity index (χ0) is 14.1. The summed E-state index contributed by atoms with van der Waals surface area (Å²) in [7, 11) is 1.56. The van der Waals surface area contributed by atoms with Crippen molar-refractivity contribution in [3.63, 3.8) is 0 Å². The molecule has 2 fully saturated rings. The fourth-order valence-corrected chi connectivity index (χ4v) is 3.76. The normalized spacial score (nSPS) is 30.2. The molecule has 110 valence electrons. The van der Waals surface area contributed by atoms with E-state index in [0.717, 1.165) is 25.1 Å². The molecule has 0 radical (unpaired) electrons. The Morgan fingerprint density at radius 2 is 2.20 bits per heavy atom. The smallest absolute Gasteiger partial charge is 0.131 e. The van der Waals surface area contributed by atoms with Gasteiger partial charge >= 0.3 is 0 Å². The molecule has 4 heteroatoms. The maximum atomic E-state index is 14.0. The number of hydrogen-bond donors (Lipinski definition) is 1. The van der Waals surface area contributed by atoms with Crippen LogP contribution in [0.25, 0.3) is 0 Å². The van der Waals surface area contributed by atoms with E-state index >= 15 is 0 Å². The Kier molecular flexibility index (Phi) is 3.94. The van der Waals surface area contributed by atoms with Crippen LogP contribution in [0, 0.1) is 17.7 Å². The molecule has 3 atom stereocenters. The summed E-state index contributed by atoms with van der Waals surface area (Å²) in [4.78, 5) is 2.35. The second-order valence-corrected chi connectivity index (χ2v) is 6.17. The first-order chi connectivity index (χ1) is 9.67. The van der Waals surface area contributed by atoms with Crippen LogP contribution in [0.1, 0.15) is 24.8 Å². The largest absolute Gasteiger partial charge is 0.497 e. The fourth-order valence-electron chi connectivity index (χ4n) is 3.76. The van der Waals surface area contributed by atoms with Gasteiger partial charge in [-0.1, -0.05) is 12.5 Å². The molecule has 2 aliphatic rings. The molecule has 0 spiro atoms. The number of hydrogen-bond acceptors (Lipinski definition) is 3. The number of likely N-dealkylation sites (tertiary alicyclic amines) is 1. The highest BCUT2D eigenvalue weighted by atomic mass is 19.1. The highest BCUT2D eigenvalue weighted by molar-refractivity contribution is 5.29. The molecule has 2 N–H and O–H groups in total. The van der Waals surface area contributed by atoms with Crippen LogP contribution in [0.4, 0.5) is 4.39 Å². The summed E-state index contributed by atoms with van der Waals surface area (Å²) in [5.74, 6) is 1.71. The van der Waals surface area contributed by atoms with E-state index in [2.05, 4.69) is 4.90 Å². The Bertz CT molecular complexity index is 480. The van der Waals surface area contributed by atoms with Gasteiger partial charge in [-0.15, -0.1) is 0 Å². The van der Waals surface area contributed by atoms with E-state index in [9.17, 15) is 4.39 Å². The molecule has 1 saturated heterocycles. The average Bonchev–Trinajstić information content (AvgIpc) is 2.85. The van der Waals surface area contributed by atoms with Gasteiger partial charge in [0, 0.05) is 37.3 Å². The molecule has 0 bridgehead atoms. The van der Waals surface area contributed by atoms with Crippen molar-refractivity contribution in [3.8, 4) is 5.75 Å². The minimum absolute atomic E-state index is 0.177. The van der Waals surface area contributed by atoms with Crippen LogP contribution >= 0.6 is 0 Å². The zero-order valence-electron chi connectivity index (χ0n) is 12.0. The minimum atomic E-state index is -0.177. The van der Waals surface area contributed by atoms with Gasteiger partial charge in [-0.3, -0.25) is 4.90 Å². The van der Waals surface area contributed by atoms with Crippen LogP contribution in [0.2, 0.25) is 0 Å². The number of nitrogens with zero attached hydrogens (tertiary/aromatic N) is 1. The lowest BCUT2D eigenvalue weighted by Crippen LogP contribution is -2.38. The van der Waals surface area contributed by atoms with Gasteiger partial charge in [0.25, 0.3) is 0 Å². The van der Waals surface area contributed by atoms with Gasteiger partial charge in [-0.2, -0.15) is 0 Å². The Hall–Kier alpha value is -1.13. The average molecular weight is 278 g/mol. The summed E-state index contributed by atoms with van der Waals surface area (Å²) in [5.41, 5.74) is 6.97. The van der Waals surface area contributed by atoms with E-state index in [1.165, 1.54) is 18.9 Å². The van der Waals surface area contributed by atoms with Crippen molar-refractivity contribution in [1.29, 1.82) is 0 Å². The van der Waals surface area contributed by atoms with Crippen molar-refractivity contribution in [1.82, 2.24) is 4.90 Å². The lowest BCUT2D eigenvalue weighted by Gasteiger charge is -2.29. The zero-order valence-corrected chi connectivity index (χ0v) is 12.0. The van der Waals surface area contributed by atoms with Gasteiger partial charge in [0.05, 0.1) is 7.11 Å². The number of nitrogens with two attached hydrogens (primary N) is 1. The maximum absolute atomic E-state index is 14.0. The molecule has 1 aromatic rings. The summed E-state index contributed by atoms with van der Waals surface area (Å²) < 4.78 is 19.0. The first-order valence-corrected chi connectivity index (χ1v) is 7.47. The van der Waals surface area contributed by atoms with Gasteiger partial charge in [0.1, 0.15) is 11.6 Å². The molecule has 1 aromatic carbocycles. The topological polar surface area (TPSA) is 38.5 Å². The van der Waals surface area contributed by atoms with Gasteiger partial charge in [-0.25, -0.2) is 4.39 Å². The van der Waals surface area contributed by atoms with Crippen molar-refractivity contribution in [3.05, 3.63) is 29.6 Å². The lowest BCUT2D eigenvalue weighted by molar-refractivity contribution is 0.259. The number of ether oxygens (including phenoxy) is 1. The molecule has 1 aliphatic carbocycles. The third kappa shape index (κ3) is 2.67. The second-order valence-electron chi connectivity index (χ2n) is 6.17. The van der Waals surface area contributed by atoms with Crippen LogP contribution in [0.3, 0.4) is 0 Å². The molecule has 3 unspecified atom stereocenters. The quantitative estimate of drug-likeness (QED) is 0.922. The molecule has 20 heavy (non-hydrogen) atoms. The summed E-state index contributed by atoms with van der Waals surface area (Å²) in [5, 5.41) is 0. The van der Waals surface area contributed by atoms with Gasteiger partial charge in [-0.05, 0) is 30.7 Å². The van der Waals surface area contributed by atoms with E-state index in [0.29, 0.717) is 30.2 Å². The molecule has 0 amide bonds. The number of benzene rings is 1. The van der Waals surface area contributed by atoms with Crippen LogP contribution in [0.15, 0.2) is 18.2 Å². The molecular formula is C16H23FN2O. The standard InChI is InChI=1S/C16H23FN2O/c1-20-13-6-5-12(15(17)7-13)9-19-8-11-3-2-4-16(18)14(11)10-19/h5-7,11,14,16H,2-4,8-10,18H2,1H3. The first-order valence-electron chi connectivity index (χ1n) is 7.47. The lowest BCUT2D eigenvalue weighted by atomic mass is 9.78. The van der Waals surface area contributed by atoms with E-state index < -0.39 is 0 Å². The molecule has 1 heterocycles. The van der Waals surface area contributed by atoms with Gasteiger partial charge < -0.3 is 10.5 Å². The molecule has 1 aliphatic heterocycles. The minimum Gasteiger partial charge on any atom is -0.497 e. The SMILES string of the molecule is COc1ccc(CN2CC3CCCC(N)C3C2)c(F)c1. The molecule has 3 nitrogen and oxygen atoms in total. The van der Waals surface area contributed by atoms with E-state index in [-0.39, 0.29) is 5.82 Å². The third-order valence-corrected chi connectivity index (χ3v) is 4.88. The first kappa shape index (κ1) is 13.8. The summed E-state index contributed by atoms with van der Waals surface area (Å²) >= 11 is 0. The second kappa shape index (κ2) is 5.70. The maximum Gasteiger partial charge on any atom is 0.131 e. The summed E-state index contributed by atoms with van der Waals surface area (Å²) in [6.45, 7) is 2.75. The Labute approximate surface area is 119 Å². The highest BCUT2D eigenvalue weighted by Crippen LogP contribution is 2.36. The van der Waals surface area contributed by atoms with Crippen LogP contribution in [0.5, 0.6) is 5.75 Å². The Morgan fingerprint density at radius 1 is 1.35 bits per heavy atom. The molecule has 3 rings (SSSR count). The Morgan fingerprint density at radius 3 is 2.90 bits per heavy atom. The number of methoxy groups -OCH3 is 1. The predicted octanol–water partition coefficient (Wildman–Crippen LogP) is 2.39. The molecule has 1 saturated carbocycles. The van der Waals surface area contributed by atoms with E-state index in [4.69, 9.17) is 10.5 Å². The third-order valence-electron chi connectivity index (χ3n) is 4.88. The van der Waals surface area contributed by atoms with Gasteiger partial charge in [0.15, 0.2) is 0 Å². The summed E-state index contributed by atoms with van der Waals surface area (Å²) in [6.07, 6.45) is 3.67. The summed E-state index contributed by atoms with van der Waals surface area (Å²) in [6, 6.07) is 5.45. The van der Waals surface area contributed by atoms with Crippen molar-refractivity contribution in [2.75, 3.05) is 20.2 Å². The predicted molar refractivity (Wildman–Crippen MR) is 77.0 cm³/mol. The molecule has 0 aromatic heterocycles. The van der Waals surface area contributed by atoms with E-state index in [1.54, 1.807) is 7.11 Å². The van der Waals surface area contributed by atoms with Crippen molar-refractivity contribution in [2.24, 2.45) is 17.6 Å². The van der Waals surface area contributed by atoms with Crippen molar-refractivity contribution in [2.45, 2.75) is 31.8 Å². The monoisotopic (exact) mass is 278 g/mol. The van der Waals surface area contributed by atoms with Crippen LogP contribution in [-0.2, 0) is 6.54 Å². The number of rotatable bonds is 3. The fraction of sp³-hybridized carbons (Fsp3) is 0.625.